The SMILES string of the molecule is COc1ccc(CN2C(=O)C(=O)/C(=C(\O)c3ccc(OC)cc3C)C2c2ccccn2)cc1. The number of aryl methyl sites for hydroxylation is 1. The van der Waals surface area contributed by atoms with Crippen LogP contribution in [0.25, 0.3) is 5.76 Å². The second kappa shape index (κ2) is 9.16. The Hall–Kier alpha value is -4.13. The van der Waals surface area contributed by atoms with Crippen LogP contribution in [-0.4, -0.2) is 40.9 Å². The molecule has 0 spiro atoms. The minimum atomic E-state index is -0.824. The molecule has 1 aliphatic rings. The number of aromatic nitrogens is 1. The summed E-state index contributed by atoms with van der Waals surface area (Å²) < 4.78 is 10.4. The number of rotatable bonds is 6. The third-order valence-electron chi connectivity index (χ3n) is 5.71. The number of pyridine rings is 1. The van der Waals surface area contributed by atoms with Crippen LogP contribution in [0.15, 0.2) is 72.4 Å². The second-order valence-corrected chi connectivity index (χ2v) is 7.71. The van der Waals surface area contributed by atoms with Gasteiger partial charge in [0.2, 0.25) is 0 Å². The number of ether oxygens (including phenoxy) is 2. The van der Waals surface area contributed by atoms with E-state index in [1.807, 2.05) is 12.1 Å². The molecule has 1 amide bonds. The van der Waals surface area contributed by atoms with Crippen molar-refractivity contribution in [1.82, 2.24) is 9.88 Å². The smallest absolute Gasteiger partial charge is 0.296 e. The van der Waals surface area contributed by atoms with Crippen molar-refractivity contribution in [3.8, 4) is 11.5 Å². The molecule has 168 valence electrons. The number of carbonyl (C=O) groups is 2. The fraction of sp³-hybridized carbons (Fsp3) is 0.192. The first-order valence-electron chi connectivity index (χ1n) is 10.4. The topological polar surface area (TPSA) is 89.0 Å². The molecule has 0 saturated carbocycles. The van der Waals surface area contributed by atoms with E-state index in [-0.39, 0.29) is 17.9 Å². The molecule has 0 radical (unpaired) electrons. The van der Waals surface area contributed by atoms with E-state index in [2.05, 4.69) is 4.98 Å². The molecular formula is C26H24N2O5. The van der Waals surface area contributed by atoms with Crippen LogP contribution in [0.2, 0.25) is 0 Å². The summed E-state index contributed by atoms with van der Waals surface area (Å²) in [6, 6.07) is 16.9. The molecule has 1 aliphatic heterocycles. The van der Waals surface area contributed by atoms with E-state index in [4.69, 9.17) is 9.47 Å². The van der Waals surface area contributed by atoms with E-state index >= 15 is 0 Å². The Morgan fingerprint density at radius 1 is 1.00 bits per heavy atom. The lowest BCUT2D eigenvalue weighted by Gasteiger charge is -2.24. The summed E-state index contributed by atoms with van der Waals surface area (Å²) in [5.41, 5.74) is 2.50. The number of Topliss-reactive ketones (excluding diaryl/α,β-unsaturated/α-hetero) is 1. The molecule has 7 nitrogen and oxygen atoms in total. The first kappa shape index (κ1) is 22.1. The highest BCUT2D eigenvalue weighted by Crippen LogP contribution is 2.40. The maximum Gasteiger partial charge on any atom is 0.296 e. The number of carbonyl (C=O) groups excluding carboxylic acids is 2. The van der Waals surface area contributed by atoms with Crippen LogP contribution in [0.3, 0.4) is 0 Å². The van der Waals surface area contributed by atoms with Crippen molar-refractivity contribution in [2.75, 3.05) is 14.2 Å². The van der Waals surface area contributed by atoms with Gasteiger partial charge in [0.05, 0.1) is 25.5 Å². The van der Waals surface area contributed by atoms with Gasteiger partial charge < -0.3 is 19.5 Å². The largest absolute Gasteiger partial charge is 0.507 e. The molecule has 0 aliphatic carbocycles. The van der Waals surface area contributed by atoms with Crippen LogP contribution in [0, 0.1) is 6.92 Å². The zero-order valence-corrected chi connectivity index (χ0v) is 18.6. The van der Waals surface area contributed by atoms with Gasteiger partial charge in [-0.05, 0) is 60.5 Å². The van der Waals surface area contributed by atoms with Gasteiger partial charge in [0.15, 0.2) is 0 Å². The number of hydrogen-bond acceptors (Lipinski definition) is 6. The Balaban J connectivity index is 1.82. The lowest BCUT2D eigenvalue weighted by molar-refractivity contribution is -0.140. The lowest BCUT2D eigenvalue weighted by atomic mass is 9.96. The fourth-order valence-corrected chi connectivity index (χ4v) is 3.99. The number of aliphatic hydroxyl groups excluding tert-OH is 1. The minimum Gasteiger partial charge on any atom is -0.507 e. The Kier molecular flexibility index (Phi) is 6.13. The molecule has 2 heterocycles. The zero-order chi connectivity index (χ0) is 23.5. The van der Waals surface area contributed by atoms with Gasteiger partial charge in [-0.2, -0.15) is 0 Å². The summed E-state index contributed by atoms with van der Waals surface area (Å²) >= 11 is 0. The number of likely N-dealkylation sites (tertiary alicyclic amines) is 1. The lowest BCUT2D eigenvalue weighted by Crippen LogP contribution is -2.29. The summed E-state index contributed by atoms with van der Waals surface area (Å²) in [5, 5.41) is 11.2. The predicted octanol–water partition coefficient (Wildman–Crippen LogP) is 4.03. The number of methoxy groups -OCH3 is 2. The van der Waals surface area contributed by atoms with Crippen LogP contribution >= 0.6 is 0 Å². The number of ketones is 1. The quantitative estimate of drug-likeness (QED) is 0.351. The summed E-state index contributed by atoms with van der Waals surface area (Å²) in [7, 11) is 3.13. The van der Waals surface area contributed by atoms with E-state index in [1.165, 1.54) is 4.90 Å². The van der Waals surface area contributed by atoms with E-state index < -0.39 is 17.7 Å². The third-order valence-corrected chi connectivity index (χ3v) is 5.71. The third kappa shape index (κ3) is 4.17. The maximum absolute atomic E-state index is 13.2. The molecule has 1 saturated heterocycles. The van der Waals surface area contributed by atoms with Crippen molar-refractivity contribution in [3.63, 3.8) is 0 Å². The highest BCUT2D eigenvalue weighted by atomic mass is 16.5. The molecule has 1 unspecified atom stereocenters. The minimum absolute atomic E-state index is 0.0143. The van der Waals surface area contributed by atoms with Gasteiger partial charge in [0, 0.05) is 18.3 Å². The molecule has 3 aromatic rings. The molecule has 1 N–H and O–H groups in total. The van der Waals surface area contributed by atoms with E-state index in [9.17, 15) is 14.7 Å². The monoisotopic (exact) mass is 444 g/mol. The second-order valence-electron chi connectivity index (χ2n) is 7.71. The summed E-state index contributed by atoms with van der Waals surface area (Å²) in [5.74, 6) is -0.343. The molecule has 4 rings (SSSR count). The molecular weight excluding hydrogens is 420 g/mol. The Morgan fingerprint density at radius 2 is 1.70 bits per heavy atom. The fourth-order valence-electron chi connectivity index (χ4n) is 3.99. The number of benzene rings is 2. The van der Waals surface area contributed by atoms with Crippen molar-refractivity contribution >= 4 is 17.4 Å². The molecule has 1 fully saturated rings. The van der Waals surface area contributed by atoms with Gasteiger partial charge in [0.25, 0.3) is 11.7 Å². The number of amides is 1. The average Bonchev–Trinajstić information content (AvgIpc) is 3.09. The van der Waals surface area contributed by atoms with Gasteiger partial charge in [-0.3, -0.25) is 14.6 Å². The van der Waals surface area contributed by atoms with Gasteiger partial charge >= 0.3 is 0 Å². The van der Waals surface area contributed by atoms with Gasteiger partial charge in [0.1, 0.15) is 23.3 Å². The van der Waals surface area contributed by atoms with E-state index in [0.717, 1.165) is 5.56 Å². The maximum atomic E-state index is 13.2. The Labute approximate surface area is 191 Å². The summed E-state index contributed by atoms with van der Waals surface area (Å²) in [4.78, 5) is 32.1. The normalized spacial score (nSPS) is 17.3. The molecule has 7 heteroatoms. The molecule has 0 bridgehead atoms. The molecule has 2 aromatic carbocycles. The van der Waals surface area contributed by atoms with Crippen LogP contribution in [0.5, 0.6) is 11.5 Å². The number of nitrogens with zero attached hydrogens (tertiary/aromatic N) is 2. The van der Waals surface area contributed by atoms with Crippen molar-refractivity contribution < 1.29 is 24.2 Å². The van der Waals surface area contributed by atoms with Crippen molar-refractivity contribution in [2.45, 2.75) is 19.5 Å². The highest BCUT2D eigenvalue weighted by Gasteiger charge is 2.46. The van der Waals surface area contributed by atoms with Crippen molar-refractivity contribution in [3.05, 3.63) is 94.8 Å². The Morgan fingerprint density at radius 3 is 2.30 bits per heavy atom. The number of aliphatic hydroxyl groups is 1. The van der Waals surface area contributed by atoms with Crippen LogP contribution in [0.4, 0.5) is 0 Å². The van der Waals surface area contributed by atoms with Gasteiger partial charge in [-0.25, -0.2) is 0 Å². The first-order chi connectivity index (χ1) is 15.9. The average molecular weight is 444 g/mol. The van der Waals surface area contributed by atoms with E-state index in [1.54, 1.807) is 75.9 Å². The number of hydrogen-bond donors (Lipinski definition) is 1. The zero-order valence-electron chi connectivity index (χ0n) is 18.6. The highest BCUT2D eigenvalue weighted by molar-refractivity contribution is 6.46. The van der Waals surface area contributed by atoms with E-state index in [0.29, 0.717) is 28.3 Å². The summed E-state index contributed by atoms with van der Waals surface area (Å²) in [6.45, 7) is 1.98. The first-order valence-corrected chi connectivity index (χ1v) is 10.4. The predicted molar refractivity (Wildman–Crippen MR) is 123 cm³/mol. The van der Waals surface area contributed by atoms with Crippen LogP contribution < -0.4 is 9.47 Å². The van der Waals surface area contributed by atoms with Crippen molar-refractivity contribution in [1.29, 1.82) is 0 Å². The van der Waals surface area contributed by atoms with Crippen molar-refractivity contribution in [2.24, 2.45) is 0 Å². The molecule has 1 aromatic heterocycles. The van der Waals surface area contributed by atoms with Gasteiger partial charge in [-0.1, -0.05) is 18.2 Å². The van der Waals surface area contributed by atoms with Crippen LogP contribution in [-0.2, 0) is 16.1 Å². The summed E-state index contributed by atoms with van der Waals surface area (Å²) in [6.07, 6.45) is 1.60. The standard InChI is InChI=1S/C26H24N2O5/c1-16-14-19(33-3)11-12-20(16)24(29)22-23(21-6-4-5-13-27-21)28(26(31)25(22)30)15-17-7-9-18(32-2)10-8-17/h4-14,23,29H,15H2,1-3H3/b24-22-. The Bertz CT molecular complexity index is 1220. The molecule has 1 atom stereocenters. The van der Waals surface area contributed by atoms with Crippen LogP contribution in [0.1, 0.15) is 28.4 Å². The van der Waals surface area contributed by atoms with Gasteiger partial charge in [-0.15, -0.1) is 0 Å². The molecule has 33 heavy (non-hydrogen) atoms.